The van der Waals surface area contributed by atoms with E-state index >= 15 is 0 Å². The summed E-state index contributed by atoms with van der Waals surface area (Å²) in [6.45, 7) is 7.21. The van der Waals surface area contributed by atoms with E-state index in [9.17, 15) is 0 Å². The first-order valence-electron chi connectivity index (χ1n) is 7.58. The Balaban J connectivity index is 2.14. The highest BCUT2D eigenvalue weighted by molar-refractivity contribution is 9.10. The highest BCUT2D eigenvalue weighted by atomic mass is 79.9. The number of nitrogens with one attached hydrogen (secondary N) is 1. The molecule has 0 aromatic heterocycles. The van der Waals surface area contributed by atoms with Gasteiger partial charge in [-0.25, -0.2) is 0 Å². The molecule has 1 aromatic carbocycles. The number of ether oxygens (including phenoxy) is 1. The minimum atomic E-state index is 0.386. The molecule has 0 aliphatic carbocycles. The van der Waals surface area contributed by atoms with Crippen molar-refractivity contribution in [3.8, 4) is 5.75 Å². The van der Waals surface area contributed by atoms with E-state index in [1.807, 2.05) is 19.1 Å². The molecular formula is C16H24BrClN2O. The Kier molecular flexibility index (Phi) is 6.20. The van der Waals surface area contributed by atoms with Crippen molar-refractivity contribution in [1.82, 2.24) is 4.90 Å². The summed E-state index contributed by atoms with van der Waals surface area (Å²) in [5, 5.41) is 4.31. The van der Waals surface area contributed by atoms with Crippen molar-refractivity contribution in [2.45, 2.75) is 32.7 Å². The zero-order valence-corrected chi connectivity index (χ0v) is 15.3. The summed E-state index contributed by atoms with van der Waals surface area (Å²) in [5.41, 5.74) is 0.969. The third-order valence-electron chi connectivity index (χ3n) is 4.05. The van der Waals surface area contributed by atoms with E-state index < -0.39 is 0 Å². The van der Waals surface area contributed by atoms with Gasteiger partial charge in [0.25, 0.3) is 0 Å². The molecule has 1 fully saturated rings. The van der Waals surface area contributed by atoms with Gasteiger partial charge in [0.15, 0.2) is 5.75 Å². The molecule has 21 heavy (non-hydrogen) atoms. The molecule has 0 radical (unpaired) electrons. The molecule has 1 aliphatic rings. The fourth-order valence-corrected chi connectivity index (χ4v) is 3.86. The highest BCUT2D eigenvalue weighted by Crippen LogP contribution is 2.37. The summed E-state index contributed by atoms with van der Waals surface area (Å²) >= 11 is 9.72. The molecule has 3 nitrogen and oxygen atoms in total. The Morgan fingerprint density at radius 3 is 2.95 bits per heavy atom. The normalized spacial score (nSPS) is 21.1. The average molecular weight is 376 g/mol. The molecule has 1 heterocycles. The van der Waals surface area contributed by atoms with Crippen LogP contribution < -0.4 is 10.1 Å². The third kappa shape index (κ3) is 4.51. The number of hydrogen-bond donors (Lipinski definition) is 1. The zero-order chi connectivity index (χ0) is 15.4. The van der Waals surface area contributed by atoms with Gasteiger partial charge < -0.3 is 15.0 Å². The Bertz CT molecular complexity index is 484. The number of nitrogens with zero attached hydrogens (tertiary/aromatic N) is 1. The summed E-state index contributed by atoms with van der Waals surface area (Å²) in [6, 6.07) is 4.20. The van der Waals surface area contributed by atoms with Gasteiger partial charge in [-0.15, -0.1) is 0 Å². The van der Waals surface area contributed by atoms with E-state index in [0.717, 1.165) is 22.5 Å². The third-order valence-corrected chi connectivity index (χ3v) is 4.86. The van der Waals surface area contributed by atoms with Crippen molar-refractivity contribution in [1.29, 1.82) is 0 Å². The van der Waals surface area contributed by atoms with Gasteiger partial charge in [0.1, 0.15) is 0 Å². The molecule has 1 aromatic rings. The Morgan fingerprint density at radius 2 is 2.29 bits per heavy atom. The molecular weight excluding hydrogens is 352 g/mol. The molecule has 5 heteroatoms. The minimum absolute atomic E-state index is 0.386. The molecule has 0 bridgehead atoms. The molecule has 2 atom stereocenters. The van der Waals surface area contributed by atoms with Crippen molar-refractivity contribution >= 4 is 33.2 Å². The predicted molar refractivity (Wildman–Crippen MR) is 93.6 cm³/mol. The van der Waals surface area contributed by atoms with Crippen LogP contribution in [0.25, 0.3) is 0 Å². The van der Waals surface area contributed by atoms with Gasteiger partial charge in [-0.05, 0) is 74.3 Å². The van der Waals surface area contributed by atoms with E-state index in [0.29, 0.717) is 23.6 Å². The summed E-state index contributed by atoms with van der Waals surface area (Å²) < 4.78 is 6.65. The van der Waals surface area contributed by atoms with Gasteiger partial charge in [-0.1, -0.05) is 11.6 Å². The van der Waals surface area contributed by atoms with E-state index in [4.69, 9.17) is 16.3 Å². The SMILES string of the molecule is CCOc1c(Br)cc(Cl)cc1NC(C)C1CCCN(C)C1. The van der Waals surface area contributed by atoms with Crippen LogP contribution in [0, 0.1) is 5.92 Å². The van der Waals surface area contributed by atoms with E-state index in [-0.39, 0.29) is 0 Å². The van der Waals surface area contributed by atoms with E-state index in [2.05, 4.69) is 40.1 Å². The molecule has 2 unspecified atom stereocenters. The van der Waals surface area contributed by atoms with Crippen LogP contribution in [0.1, 0.15) is 26.7 Å². The molecule has 118 valence electrons. The summed E-state index contributed by atoms with van der Waals surface area (Å²) in [4.78, 5) is 2.41. The maximum absolute atomic E-state index is 6.18. The predicted octanol–water partition coefficient (Wildman–Crippen LogP) is 4.64. The molecule has 0 amide bonds. The summed E-state index contributed by atoms with van der Waals surface area (Å²) in [6.07, 6.45) is 2.54. The van der Waals surface area contributed by atoms with Gasteiger partial charge in [-0.2, -0.15) is 0 Å². The monoisotopic (exact) mass is 374 g/mol. The fourth-order valence-electron chi connectivity index (χ4n) is 2.94. The fraction of sp³-hybridized carbons (Fsp3) is 0.625. The number of rotatable bonds is 5. The second-order valence-electron chi connectivity index (χ2n) is 5.79. The number of likely N-dealkylation sites (tertiary alicyclic amines) is 1. The molecule has 1 saturated heterocycles. The molecule has 2 rings (SSSR count). The number of anilines is 1. The number of benzene rings is 1. The first kappa shape index (κ1) is 16.9. The maximum atomic E-state index is 6.18. The standard InChI is InChI=1S/C16H24BrClN2O/c1-4-21-16-14(17)8-13(18)9-15(16)19-11(2)12-6-5-7-20(3)10-12/h8-9,11-12,19H,4-7,10H2,1-3H3. The second-order valence-corrected chi connectivity index (χ2v) is 7.09. The number of piperidine rings is 1. The minimum Gasteiger partial charge on any atom is -0.491 e. The molecule has 0 spiro atoms. The van der Waals surface area contributed by atoms with Crippen LogP contribution in [0.4, 0.5) is 5.69 Å². The van der Waals surface area contributed by atoms with Crippen LogP contribution in [0.2, 0.25) is 5.02 Å². The van der Waals surface area contributed by atoms with Gasteiger partial charge in [0.05, 0.1) is 16.8 Å². The Labute approximate surface area is 141 Å². The number of halogens is 2. The lowest BCUT2D eigenvalue weighted by atomic mass is 9.91. The van der Waals surface area contributed by atoms with Crippen LogP contribution in [0.3, 0.4) is 0 Å². The van der Waals surface area contributed by atoms with Crippen LogP contribution in [0.5, 0.6) is 5.75 Å². The van der Waals surface area contributed by atoms with Crippen molar-refractivity contribution in [2.75, 3.05) is 32.1 Å². The van der Waals surface area contributed by atoms with Gasteiger partial charge in [0, 0.05) is 17.6 Å². The largest absolute Gasteiger partial charge is 0.491 e. The van der Waals surface area contributed by atoms with Crippen LogP contribution >= 0.6 is 27.5 Å². The molecule has 1 aliphatic heterocycles. The summed E-state index contributed by atoms with van der Waals surface area (Å²) in [5.74, 6) is 1.49. The van der Waals surface area contributed by atoms with Crippen LogP contribution in [-0.4, -0.2) is 37.7 Å². The van der Waals surface area contributed by atoms with Crippen molar-refractivity contribution in [3.63, 3.8) is 0 Å². The molecule has 0 saturated carbocycles. The average Bonchev–Trinajstić information content (AvgIpc) is 2.42. The van der Waals surface area contributed by atoms with Crippen molar-refractivity contribution < 1.29 is 4.74 Å². The van der Waals surface area contributed by atoms with E-state index in [1.54, 1.807) is 0 Å². The topological polar surface area (TPSA) is 24.5 Å². The van der Waals surface area contributed by atoms with Crippen molar-refractivity contribution in [3.05, 3.63) is 21.6 Å². The first-order valence-corrected chi connectivity index (χ1v) is 8.75. The molecule has 1 N–H and O–H groups in total. The van der Waals surface area contributed by atoms with Crippen LogP contribution in [0.15, 0.2) is 16.6 Å². The maximum Gasteiger partial charge on any atom is 0.156 e. The quantitative estimate of drug-likeness (QED) is 0.811. The Morgan fingerprint density at radius 1 is 1.52 bits per heavy atom. The highest BCUT2D eigenvalue weighted by Gasteiger charge is 2.24. The van der Waals surface area contributed by atoms with E-state index in [1.165, 1.54) is 19.4 Å². The lowest BCUT2D eigenvalue weighted by molar-refractivity contribution is 0.197. The number of hydrogen-bond acceptors (Lipinski definition) is 3. The summed E-state index contributed by atoms with van der Waals surface area (Å²) in [7, 11) is 2.19. The lowest BCUT2D eigenvalue weighted by Crippen LogP contribution is -2.39. The van der Waals surface area contributed by atoms with Crippen molar-refractivity contribution in [2.24, 2.45) is 5.92 Å². The zero-order valence-electron chi connectivity index (χ0n) is 13.0. The van der Waals surface area contributed by atoms with Crippen LogP contribution in [-0.2, 0) is 0 Å². The van der Waals surface area contributed by atoms with Gasteiger partial charge in [-0.3, -0.25) is 0 Å². The smallest absolute Gasteiger partial charge is 0.156 e. The van der Waals surface area contributed by atoms with Gasteiger partial charge >= 0.3 is 0 Å². The van der Waals surface area contributed by atoms with Gasteiger partial charge in [0.2, 0.25) is 0 Å². The first-order chi connectivity index (χ1) is 10.0. The lowest BCUT2D eigenvalue weighted by Gasteiger charge is -2.34. The second kappa shape index (κ2) is 7.70. The Hall–Kier alpha value is -0.450.